The van der Waals surface area contributed by atoms with E-state index in [9.17, 15) is 13.2 Å². The van der Waals surface area contributed by atoms with Crippen LogP contribution < -0.4 is 19.1 Å². The molecule has 1 heterocycles. The second kappa shape index (κ2) is 9.38. The summed E-state index contributed by atoms with van der Waals surface area (Å²) in [6, 6.07) is 12.7. The van der Waals surface area contributed by atoms with Crippen molar-refractivity contribution < 1.29 is 22.7 Å². The van der Waals surface area contributed by atoms with Crippen LogP contribution in [0.5, 0.6) is 11.5 Å². The summed E-state index contributed by atoms with van der Waals surface area (Å²) in [6.07, 6.45) is 1.82. The first kappa shape index (κ1) is 22.0. The predicted octanol–water partition coefficient (Wildman–Crippen LogP) is 3.19. The highest BCUT2D eigenvalue weighted by molar-refractivity contribution is 7.92. The number of fused-ring (bicyclic) bond motifs is 1. The van der Waals surface area contributed by atoms with Crippen LogP contribution in [0.25, 0.3) is 0 Å². The molecule has 1 aliphatic rings. The third-order valence-electron chi connectivity index (χ3n) is 4.93. The molecule has 30 heavy (non-hydrogen) atoms. The molecule has 2 aromatic rings. The van der Waals surface area contributed by atoms with Gasteiger partial charge in [-0.2, -0.15) is 0 Å². The third kappa shape index (κ3) is 5.66. The number of amides is 1. The van der Waals surface area contributed by atoms with Crippen molar-refractivity contribution in [2.75, 3.05) is 30.3 Å². The van der Waals surface area contributed by atoms with E-state index in [1.807, 2.05) is 44.2 Å². The highest BCUT2D eigenvalue weighted by Crippen LogP contribution is 2.32. The number of benzene rings is 2. The molecule has 1 aliphatic heterocycles. The number of nitrogens with zero attached hydrogens (tertiary/aromatic N) is 1. The summed E-state index contributed by atoms with van der Waals surface area (Å²) in [5, 5.41) is 2.96. The number of carbonyl (C=O) groups is 1. The quantitative estimate of drug-likeness (QED) is 0.693. The highest BCUT2D eigenvalue weighted by Gasteiger charge is 2.19. The molecule has 3 rings (SSSR count). The van der Waals surface area contributed by atoms with Gasteiger partial charge < -0.3 is 14.8 Å². The topological polar surface area (TPSA) is 84.9 Å². The predicted molar refractivity (Wildman–Crippen MR) is 117 cm³/mol. The summed E-state index contributed by atoms with van der Waals surface area (Å²) < 4.78 is 36.8. The van der Waals surface area contributed by atoms with Gasteiger partial charge in [0.15, 0.2) is 11.5 Å². The standard InChI is InChI=1S/C22H28N2O5S/c1-16-6-9-19(10-7-16)24(30(3,26)27)12-4-5-22(25)23-17(2)18-8-11-20-21(15-18)29-14-13-28-20/h6-11,15,17H,4-5,12-14H2,1-3H3,(H,23,25)/t17-/m1/s1. The van der Waals surface area contributed by atoms with Gasteiger partial charge in [0.1, 0.15) is 13.2 Å². The Hall–Kier alpha value is -2.74. The SMILES string of the molecule is Cc1ccc(N(CCCC(=O)N[C@H](C)c2ccc3c(c2)OCCO3)S(C)(=O)=O)cc1. The van der Waals surface area contributed by atoms with Crippen molar-refractivity contribution in [3.05, 3.63) is 53.6 Å². The summed E-state index contributed by atoms with van der Waals surface area (Å²) in [4.78, 5) is 12.4. The second-order valence-corrected chi connectivity index (χ2v) is 9.37. The molecule has 0 saturated heterocycles. The zero-order chi connectivity index (χ0) is 21.7. The largest absolute Gasteiger partial charge is 0.486 e. The molecular formula is C22H28N2O5S. The smallest absolute Gasteiger partial charge is 0.232 e. The molecule has 0 aromatic heterocycles. The Labute approximate surface area is 178 Å². The molecule has 1 amide bonds. The van der Waals surface area contributed by atoms with Crippen LogP contribution in [0.2, 0.25) is 0 Å². The fourth-order valence-electron chi connectivity index (χ4n) is 3.31. The van der Waals surface area contributed by atoms with E-state index >= 15 is 0 Å². The molecule has 0 saturated carbocycles. The van der Waals surface area contributed by atoms with Gasteiger partial charge in [-0.05, 0) is 50.1 Å². The molecule has 0 radical (unpaired) electrons. The van der Waals surface area contributed by atoms with E-state index in [0.717, 1.165) is 11.1 Å². The normalized spacial score (nSPS) is 14.1. The summed E-state index contributed by atoms with van der Waals surface area (Å²) in [5.41, 5.74) is 2.58. The van der Waals surface area contributed by atoms with Crippen LogP contribution in [0.15, 0.2) is 42.5 Å². The molecule has 7 nitrogen and oxygen atoms in total. The minimum atomic E-state index is -3.43. The Morgan fingerprint density at radius 1 is 1.10 bits per heavy atom. The number of aryl methyl sites for hydroxylation is 1. The first-order valence-electron chi connectivity index (χ1n) is 9.97. The maximum absolute atomic E-state index is 12.4. The number of hydrogen-bond acceptors (Lipinski definition) is 5. The third-order valence-corrected chi connectivity index (χ3v) is 6.13. The average Bonchev–Trinajstić information content (AvgIpc) is 2.71. The Kier molecular flexibility index (Phi) is 6.87. The number of hydrogen-bond donors (Lipinski definition) is 1. The van der Waals surface area contributed by atoms with E-state index < -0.39 is 10.0 Å². The molecule has 0 aliphatic carbocycles. The zero-order valence-corrected chi connectivity index (χ0v) is 18.4. The van der Waals surface area contributed by atoms with E-state index in [1.54, 1.807) is 12.1 Å². The number of rotatable bonds is 8. The van der Waals surface area contributed by atoms with Crippen LogP contribution in [-0.2, 0) is 14.8 Å². The van der Waals surface area contributed by atoms with Crippen molar-refractivity contribution >= 4 is 21.6 Å². The van der Waals surface area contributed by atoms with Crippen LogP contribution in [0, 0.1) is 6.92 Å². The number of anilines is 1. The average molecular weight is 433 g/mol. The van der Waals surface area contributed by atoms with Crippen LogP contribution in [0.3, 0.4) is 0 Å². The Balaban J connectivity index is 1.55. The summed E-state index contributed by atoms with van der Waals surface area (Å²) in [5.74, 6) is 1.26. The van der Waals surface area contributed by atoms with Crippen molar-refractivity contribution in [1.29, 1.82) is 0 Å². The van der Waals surface area contributed by atoms with Gasteiger partial charge in [0.05, 0.1) is 18.0 Å². The van der Waals surface area contributed by atoms with Crippen molar-refractivity contribution in [1.82, 2.24) is 5.32 Å². The molecule has 2 aromatic carbocycles. The van der Waals surface area contributed by atoms with Gasteiger partial charge >= 0.3 is 0 Å². The van der Waals surface area contributed by atoms with Crippen LogP contribution >= 0.6 is 0 Å². The highest BCUT2D eigenvalue weighted by atomic mass is 32.2. The maximum Gasteiger partial charge on any atom is 0.232 e. The maximum atomic E-state index is 12.4. The lowest BCUT2D eigenvalue weighted by Gasteiger charge is -2.23. The zero-order valence-electron chi connectivity index (χ0n) is 17.6. The van der Waals surface area contributed by atoms with E-state index in [0.29, 0.717) is 36.8 Å². The van der Waals surface area contributed by atoms with E-state index in [1.165, 1.54) is 10.6 Å². The fraction of sp³-hybridized carbons (Fsp3) is 0.409. The molecule has 1 N–H and O–H groups in total. The number of sulfonamides is 1. The first-order chi connectivity index (χ1) is 14.2. The summed E-state index contributed by atoms with van der Waals surface area (Å²) in [7, 11) is -3.43. The van der Waals surface area contributed by atoms with E-state index in [4.69, 9.17) is 9.47 Å². The lowest BCUT2D eigenvalue weighted by Crippen LogP contribution is -2.32. The Bertz CT molecular complexity index is 989. The minimum Gasteiger partial charge on any atom is -0.486 e. The van der Waals surface area contributed by atoms with Gasteiger partial charge in [0.2, 0.25) is 15.9 Å². The minimum absolute atomic E-state index is 0.130. The molecule has 0 unspecified atom stereocenters. The summed E-state index contributed by atoms with van der Waals surface area (Å²) in [6.45, 7) is 5.13. The molecule has 0 bridgehead atoms. The molecule has 8 heteroatoms. The molecular weight excluding hydrogens is 404 g/mol. The van der Waals surface area contributed by atoms with Gasteiger partial charge in [-0.3, -0.25) is 9.10 Å². The molecule has 0 spiro atoms. The van der Waals surface area contributed by atoms with Crippen molar-refractivity contribution in [3.8, 4) is 11.5 Å². The lowest BCUT2D eigenvalue weighted by atomic mass is 10.1. The van der Waals surface area contributed by atoms with Crippen LogP contribution in [-0.4, -0.2) is 40.3 Å². The van der Waals surface area contributed by atoms with Crippen molar-refractivity contribution in [2.24, 2.45) is 0 Å². The van der Waals surface area contributed by atoms with E-state index in [2.05, 4.69) is 5.32 Å². The van der Waals surface area contributed by atoms with Crippen molar-refractivity contribution in [2.45, 2.75) is 32.7 Å². The fourth-order valence-corrected chi connectivity index (χ4v) is 4.27. The van der Waals surface area contributed by atoms with Gasteiger partial charge in [-0.15, -0.1) is 0 Å². The Morgan fingerprint density at radius 2 is 1.77 bits per heavy atom. The summed E-state index contributed by atoms with van der Waals surface area (Å²) >= 11 is 0. The number of carbonyl (C=O) groups excluding carboxylic acids is 1. The number of nitrogens with one attached hydrogen (secondary N) is 1. The van der Waals surface area contributed by atoms with Gasteiger partial charge in [-0.1, -0.05) is 23.8 Å². The molecule has 1 atom stereocenters. The first-order valence-corrected chi connectivity index (χ1v) is 11.8. The lowest BCUT2D eigenvalue weighted by molar-refractivity contribution is -0.121. The van der Waals surface area contributed by atoms with Gasteiger partial charge in [0, 0.05) is 13.0 Å². The monoisotopic (exact) mass is 432 g/mol. The van der Waals surface area contributed by atoms with Gasteiger partial charge in [-0.25, -0.2) is 8.42 Å². The number of ether oxygens (including phenoxy) is 2. The molecule has 0 fully saturated rings. The van der Waals surface area contributed by atoms with Crippen LogP contribution in [0.1, 0.15) is 36.9 Å². The van der Waals surface area contributed by atoms with E-state index in [-0.39, 0.29) is 24.9 Å². The van der Waals surface area contributed by atoms with Crippen molar-refractivity contribution in [3.63, 3.8) is 0 Å². The second-order valence-electron chi connectivity index (χ2n) is 7.47. The molecule has 162 valence electrons. The van der Waals surface area contributed by atoms with Gasteiger partial charge in [0.25, 0.3) is 0 Å². The Morgan fingerprint density at radius 3 is 2.43 bits per heavy atom. The van der Waals surface area contributed by atoms with Crippen LogP contribution in [0.4, 0.5) is 5.69 Å².